The molecule has 1 atom stereocenters. The Bertz CT molecular complexity index is 1160. The normalized spacial score (nSPS) is 17.2. The van der Waals surface area contributed by atoms with E-state index >= 15 is 0 Å². The first-order valence-corrected chi connectivity index (χ1v) is 12.1. The summed E-state index contributed by atoms with van der Waals surface area (Å²) in [4.78, 5) is 45.1. The maximum absolute atomic E-state index is 13.3. The maximum Gasteiger partial charge on any atom is 0.354 e. The van der Waals surface area contributed by atoms with Crippen molar-refractivity contribution in [2.24, 2.45) is 0 Å². The highest BCUT2D eigenvalue weighted by Gasteiger charge is 2.46. The van der Waals surface area contributed by atoms with E-state index in [0.717, 1.165) is 13.0 Å². The second-order valence-electron chi connectivity index (χ2n) is 9.18. The minimum Gasteiger partial charge on any atom is -0.507 e. The molecule has 0 aliphatic carbocycles. The van der Waals surface area contributed by atoms with E-state index in [0.29, 0.717) is 47.7 Å². The van der Waals surface area contributed by atoms with Crippen LogP contribution >= 0.6 is 0 Å². The largest absolute Gasteiger partial charge is 0.507 e. The number of rotatable bonds is 10. The van der Waals surface area contributed by atoms with Gasteiger partial charge < -0.3 is 29.4 Å². The maximum atomic E-state index is 13.3. The molecular weight excluding hydrogens is 462 g/mol. The van der Waals surface area contributed by atoms with Crippen molar-refractivity contribution in [2.45, 2.75) is 39.7 Å². The quantitative estimate of drug-likeness (QED) is 0.223. The van der Waals surface area contributed by atoms with Gasteiger partial charge in [-0.3, -0.25) is 9.59 Å². The van der Waals surface area contributed by atoms with Crippen molar-refractivity contribution in [1.82, 2.24) is 14.8 Å². The predicted molar refractivity (Wildman–Crippen MR) is 136 cm³/mol. The molecule has 1 aromatic carbocycles. The molecule has 3 rings (SSSR count). The number of benzene rings is 1. The molecule has 9 nitrogen and oxygen atoms in total. The number of amides is 1. The number of nitrogens with one attached hydrogen (secondary N) is 1. The van der Waals surface area contributed by atoms with Crippen LogP contribution in [-0.2, 0) is 14.3 Å². The predicted octanol–water partition coefficient (Wildman–Crippen LogP) is 3.58. The molecule has 0 spiro atoms. The number of aliphatic hydroxyl groups is 1. The van der Waals surface area contributed by atoms with Crippen molar-refractivity contribution >= 4 is 23.4 Å². The van der Waals surface area contributed by atoms with Gasteiger partial charge in [-0.2, -0.15) is 0 Å². The first-order chi connectivity index (χ1) is 17.1. The van der Waals surface area contributed by atoms with Crippen molar-refractivity contribution in [3.63, 3.8) is 0 Å². The molecular formula is C27H35N3O6. The highest BCUT2D eigenvalue weighted by molar-refractivity contribution is 6.46. The topological polar surface area (TPSA) is 112 Å². The summed E-state index contributed by atoms with van der Waals surface area (Å²) in [5, 5.41) is 11.4. The van der Waals surface area contributed by atoms with Crippen LogP contribution in [0.2, 0.25) is 0 Å². The van der Waals surface area contributed by atoms with Gasteiger partial charge >= 0.3 is 5.97 Å². The van der Waals surface area contributed by atoms with Gasteiger partial charge in [0.25, 0.3) is 11.7 Å². The van der Waals surface area contributed by atoms with E-state index in [1.807, 2.05) is 38.1 Å². The zero-order valence-electron chi connectivity index (χ0n) is 21.8. The number of carbonyl (C=O) groups excluding carboxylic acids is 3. The number of ether oxygens (including phenoxy) is 2. The number of likely N-dealkylation sites (tertiary alicyclic amines) is 1. The lowest BCUT2D eigenvalue weighted by Crippen LogP contribution is -2.32. The molecule has 2 aromatic rings. The van der Waals surface area contributed by atoms with Gasteiger partial charge in [-0.05, 0) is 70.6 Å². The van der Waals surface area contributed by atoms with Gasteiger partial charge in [0.05, 0.1) is 25.3 Å². The van der Waals surface area contributed by atoms with E-state index in [9.17, 15) is 19.5 Å². The number of aliphatic hydroxyl groups excluding tert-OH is 1. The lowest BCUT2D eigenvalue weighted by atomic mass is 9.94. The van der Waals surface area contributed by atoms with Crippen LogP contribution < -0.4 is 4.74 Å². The number of nitrogens with zero attached hydrogens (tertiary/aromatic N) is 2. The minimum absolute atomic E-state index is 0.00584. The van der Waals surface area contributed by atoms with Gasteiger partial charge in [0.1, 0.15) is 17.2 Å². The Morgan fingerprint density at radius 1 is 1.17 bits per heavy atom. The molecule has 36 heavy (non-hydrogen) atoms. The van der Waals surface area contributed by atoms with E-state index in [1.165, 1.54) is 12.0 Å². The van der Waals surface area contributed by atoms with Crippen LogP contribution in [0.3, 0.4) is 0 Å². The summed E-state index contributed by atoms with van der Waals surface area (Å²) < 4.78 is 10.5. The zero-order valence-corrected chi connectivity index (χ0v) is 21.8. The highest BCUT2D eigenvalue weighted by Crippen LogP contribution is 2.41. The summed E-state index contributed by atoms with van der Waals surface area (Å²) >= 11 is 0. The van der Waals surface area contributed by atoms with E-state index in [-0.39, 0.29) is 17.0 Å². The molecule has 1 fully saturated rings. The van der Waals surface area contributed by atoms with Crippen molar-refractivity contribution in [1.29, 1.82) is 0 Å². The molecule has 1 unspecified atom stereocenters. The van der Waals surface area contributed by atoms with Gasteiger partial charge in [0, 0.05) is 17.8 Å². The van der Waals surface area contributed by atoms with Gasteiger partial charge in [0.15, 0.2) is 0 Å². The summed E-state index contributed by atoms with van der Waals surface area (Å²) in [5.74, 6) is -1.64. The van der Waals surface area contributed by atoms with Crippen LogP contribution in [0.25, 0.3) is 5.76 Å². The van der Waals surface area contributed by atoms with Crippen molar-refractivity contribution in [3.8, 4) is 5.75 Å². The van der Waals surface area contributed by atoms with Crippen LogP contribution in [0.5, 0.6) is 5.75 Å². The first-order valence-electron chi connectivity index (χ1n) is 12.1. The van der Waals surface area contributed by atoms with E-state index in [4.69, 9.17) is 9.47 Å². The van der Waals surface area contributed by atoms with Gasteiger partial charge in [-0.15, -0.1) is 0 Å². The molecule has 1 amide bonds. The fraction of sp³-hybridized carbons (Fsp3) is 0.444. The monoisotopic (exact) mass is 497 g/mol. The van der Waals surface area contributed by atoms with Crippen LogP contribution in [0.15, 0.2) is 29.8 Å². The second-order valence-corrected chi connectivity index (χ2v) is 9.18. The van der Waals surface area contributed by atoms with Crippen LogP contribution in [0.1, 0.15) is 58.7 Å². The van der Waals surface area contributed by atoms with Gasteiger partial charge in [0.2, 0.25) is 0 Å². The van der Waals surface area contributed by atoms with Gasteiger partial charge in [-0.25, -0.2) is 4.79 Å². The van der Waals surface area contributed by atoms with Crippen molar-refractivity contribution in [3.05, 3.63) is 57.9 Å². The number of carbonyl (C=O) groups is 3. The van der Waals surface area contributed by atoms with Crippen LogP contribution in [0.4, 0.5) is 0 Å². The molecule has 2 heterocycles. The average molecular weight is 498 g/mol. The SMILES string of the molecule is CCCOc1ccc(C2/C(=C(/O)c3c(C)[nH]c(C(=O)OC)c3C)C(=O)C(=O)N2CCCN(C)C)cc1. The summed E-state index contributed by atoms with van der Waals surface area (Å²) in [5.41, 5.74) is 2.11. The number of hydrogen-bond acceptors (Lipinski definition) is 7. The molecule has 0 bridgehead atoms. The Morgan fingerprint density at radius 3 is 2.42 bits per heavy atom. The van der Waals surface area contributed by atoms with Crippen molar-refractivity contribution < 1.29 is 29.0 Å². The van der Waals surface area contributed by atoms with E-state index in [1.54, 1.807) is 26.0 Å². The molecule has 2 N–H and O–H groups in total. The molecule has 1 saturated heterocycles. The van der Waals surface area contributed by atoms with Crippen molar-refractivity contribution in [2.75, 3.05) is 40.9 Å². The van der Waals surface area contributed by atoms with Crippen LogP contribution in [-0.4, -0.2) is 78.5 Å². The Balaban J connectivity index is 2.13. The molecule has 1 aliphatic heterocycles. The average Bonchev–Trinajstić information content (AvgIpc) is 3.29. The molecule has 1 aromatic heterocycles. The summed E-state index contributed by atoms with van der Waals surface area (Å²) in [6.07, 6.45) is 1.53. The minimum atomic E-state index is -0.775. The van der Waals surface area contributed by atoms with Crippen LogP contribution in [0, 0.1) is 13.8 Å². The lowest BCUT2D eigenvalue weighted by Gasteiger charge is -2.26. The number of Topliss-reactive ketones (excluding diaryl/α,β-unsaturated/α-hetero) is 1. The highest BCUT2D eigenvalue weighted by atomic mass is 16.5. The fourth-order valence-corrected chi connectivity index (χ4v) is 4.53. The number of aromatic nitrogens is 1. The standard InChI is InChI=1S/C27H35N3O6/c1-7-15-36-19-11-9-18(10-12-19)23-21(25(32)26(33)30(23)14-8-13-29(4)5)24(31)20-16(2)22(27(34)35-6)28-17(20)3/h9-12,23,28,31H,7-8,13-15H2,1-6H3/b24-21-. The summed E-state index contributed by atoms with van der Waals surface area (Å²) in [6.45, 7) is 7.03. The lowest BCUT2D eigenvalue weighted by molar-refractivity contribution is -0.139. The summed E-state index contributed by atoms with van der Waals surface area (Å²) in [6, 6.07) is 6.44. The Labute approximate surface area is 211 Å². The molecule has 1 aliphatic rings. The Morgan fingerprint density at radius 2 is 1.83 bits per heavy atom. The number of aryl methyl sites for hydroxylation is 1. The Kier molecular flexibility index (Phi) is 8.57. The number of hydrogen-bond donors (Lipinski definition) is 2. The molecule has 0 saturated carbocycles. The second kappa shape index (κ2) is 11.4. The molecule has 0 radical (unpaired) electrons. The first kappa shape index (κ1) is 27.0. The molecule has 9 heteroatoms. The third-order valence-electron chi connectivity index (χ3n) is 6.28. The number of H-pyrrole nitrogens is 1. The Hall–Kier alpha value is -3.59. The van der Waals surface area contributed by atoms with E-state index in [2.05, 4.69) is 4.98 Å². The number of methoxy groups -OCH3 is 1. The number of esters is 1. The zero-order chi connectivity index (χ0) is 26.6. The third-order valence-corrected chi connectivity index (χ3v) is 6.28. The van der Waals surface area contributed by atoms with E-state index < -0.39 is 23.7 Å². The molecule has 194 valence electrons. The fourth-order valence-electron chi connectivity index (χ4n) is 4.53. The summed E-state index contributed by atoms with van der Waals surface area (Å²) in [7, 11) is 5.15. The smallest absolute Gasteiger partial charge is 0.354 e. The third kappa shape index (κ3) is 5.31. The van der Waals surface area contributed by atoms with Gasteiger partial charge in [-0.1, -0.05) is 19.1 Å². The number of aromatic amines is 1. The number of ketones is 1.